The number of Topliss-reactive ketones (excluding diaryl/α,β-unsaturated/α-hetero) is 2. The van der Waals surface area contributed by atoms with Crippen molar-refractivity contribution < 1.29 is 9.59 Å². The van der Waals surface area contributed by atoms with E-state index in [2.05, 4.69) is 28.2 Å². The first-order chi connectivity index (χ1) is 13.5. The van der Waals surface area contributed by atoms with Crippen molar-refractivity contribution in [3.63, 3.8) is 0 Å². The van der Waals surface area contributed by atoms with E-state index < -0.39 is 0 Å². The molecule has 0 aromatic carbocycles. The van der Waals surface area contributed by atoms with Crippen molar-refractivity contribution >= 4 is 17.1 Å². The summed E-state index contributed by atoms with van der Waals surface area (Å²) in [6, 6.07) is 8.11. The molecule has 2 aliphatic rings. The van der Waals surface area contributed by atoms with Crippen LogP contribution in [0.3, 0.4) is 0 Å². The zero-order valence-corrected chi connectivity index (χ0v) is 16.7. The van der Waals surface area contributed by atoms with Crippen molar-refractivity contribution in [3.05, 3.63) is 66.3 Å². The van der Waals surface area contributed by atoms with Crippen LogP contribution in [0, 0.1) is 11.8 Å². The van der Waals surface area contributed by atoms with Gasteiger partial charge in [-0.05, 0) is 92.8 Å². The van der Waals surface area contributed by atoms with Crippen LogP contribution in [0.15, 0.2) is 55.1 Å². The van der Waals surface area contributed by atoms with Gasteiger partial charge in [0.1, 0.15) is 11.6 Å². The van der Waals surface area contributed by atoms with Crippen LogP contribution in [-0.4, -0.2) is 21.5 Å². The molecule has 4 heteroatoms. The fourth-order valence-electron chi connectivity index (χ4n) is 4.14. The predicted octanol–water partition coefficient (Wildman–Crippen LogP) is 5.02. The summed E-state index contributed by atoms with van der Waals surface area (Å²) in [5, 5.41) is 0. The van der Waals surface area contributed by atoms with Gasteiger partial charge < -0.3 is 0 Å². The van der Waals surface area contributed by atoms with Gasteiger partial charge in [-0.15, -0.1) is 0 Å². The van der Waals surface area contributed by atoms with Crippen molar-refractivity contribution in [3.8, 4) is 0 Å². The number of nitrogens with zero attached hydrogens (tertiary/aromatic N) is 2. The molecule has 1 unspecified atom stereocenters. The summed E-state index contributed by atoms with van der Waals surface area (Å²) in [5.41, 5.74) is 3.82. The van der Waals surface area contributed by atoms with Gasteiger partial charge in [-0.25, -0.2) is 0 Å². The van der Waals surface area contributed by atoms with Crippen LogP contribution < -0.4 is 0 Å². The fraction of sp³-hybridized carbons (Fsp3) is 0.417. The topological polar surface area (TPSA) is 59.9 Å². The SMILES string of the molecule is CC(=O)[C@@H]1CCC(c2ccncc2)C1.CC(=O)[C@H]1C=C(c2ccncc2)CC1. The molecule has 0 spiro atoms. The zero-order valence-electron chi connectivity index (χ0n) is 16.7. The second-order valence-electron chi connectivity index (χ2n) is 7.78. The highest BCUT2D eigenvalue weighted by Crippen LogP contribution is 2.38. The molecule has 0 bridgehead atoms. The van der Waals surface area contributed by atoms with Crippen molar-refractivity contribution in [2.45, 2.75) is 51.9 Å². The summed E-state index contributed by atoms with van der Waals surface area (Å²) < 4.78 is 0. The first kappa shape index (κ1) is 20.1. The first-order valence-electron chi connectivity index (χ1n) is 10.1. The lowest BCUT2D eigenvalue weighted by molar-refractivity contribution is -0.120. The Morgan fingerprint density at radius 2 is 1.50 bits per heavy atom. The van der Waals surface area contributed by atoms with E-state index in [0.717, 1.165) is 32.1 Å². The largest absolute Gasteiger partial charge is 0.300 e. The average molecular weight is 377 g/mol. The molecule has 146 valence electrons. The smallest absolute Gasteiger partial charge is 0.136 e. The van der Waals surface area contributed by atoms with Gasteiger partial charge in [-0.2, -0.15) is 0 Å². The second kappa shape index (κ2) is 9.54. The molecule has 2 aromatic heterocycles. The fourth-order valence-corrected chi connectivity index (χ4v) is 4.14. The van der Waals surface area contributed by atoms with E-state index in [1.165, 1.54) is 16.7 Å². The Kier molecular flexibility index (Phi) is 6.85. The Labute approximate surface area is 167 Å². The normalized spacial score (nSPS) is 23.5. The van der Waals surface area contributed by atoms with Gasteiger partial charge in [-0.3, -0.25) is 19.6 Å². The van der Waals surface area contributed by atoms with Crippen LogP contribution in [0.4, 0.5) is 0 Å². The number of rotatable bonds is 4. The molecule has 1 fully saturated rings. The van der Waals surface area contributed by atoms with E-state index in [4.69, 9.17) is 0 Å². The van der Waals surface area contributed by atoms with Crippen LogP contribution in [-0.2, 0) is 9.59 Å². The molecule has 2 aromatic rings. The highest BCUT2D eigenvalue weighted by Gasteiger charge is 2.28. The maximum Gasteiger partial charge on any atom is 0.136 e. The Hall–Kier alpha value is -2.62. The molecule has 2 aliphatic carbocycles. The van der Waals surface area contributed by atoms with Gasteiger partial charge in [0, 0.05) is 36.6 Å². The predicted molar refractivity (Wildman–Crippen MR) is 111 cm³/mol. The van der Waals surface area contributed by atoms with E-state index in [0.29, 0.717) is 17.6 Å². The average Bonchev–Trinajstić information content (AvgIpc) is 3.40. The summed E-state index contributed by atoms with van der Waals surface area (Å²) in [6.45, 7) is 3.37. The summed E-state index contributed by atoms with van der Waals surface area (Å²) in [4.78, 5) is 30.4. The van der Waals surface area contributed by atoms with Gasteiger partial charge in [0.25, 0.3) is 0 Å². The van der Waals surface area contributed by atoms with E-state index >= 15 is 0 Å². The summed E-state index contributed by atoms with van der Waals surface area (Å²) in [7, 11) is 0. The van der Waals surface area contributed by atoms with E-state index in [9.17, 15) is 9.59 Å². The van der Waals surface area contributed by atoms with Gasteiger partial charge >= 0.3 is 0 Å². The number of aromatic nitrogens is 2. The lowest BCUT2D eigenvalue weighted by atomic mass is 9.96. The minimum absolute atomic E-state index is 0.137. The summed E-state index contributed by atoms with van der Waals surface area (Å²) >= 11 is 0. The molecule has 0 saturated heterocycles. The third-order valence-corrected chi connectivity index (χ3v) is 5.89. The first-order valence-corrected chi connectivity index (χ1v) is 10.1. The van der Waals surface area contributed by atoms with Crippen LogP contribution in [0.2, 0.25) is 0 Å². The van der Waals surface area contributed by atoms with Crippen LogP contribution >= 0.6 is 0 Å². The number of carbonyl (C=O) groups excluding carboxylic acids is 2. The Morgan fingerprint density at radius 1 is 0.857 bits per heavy atom. The van der Waals surface area contributed by atoms with Gasteiger partial charge in [0.15, 0.2) is 0 Å². The van der Waals surface area contributed by atoms with E-state index in [-0.39, 0.29) is 11.7 Å². The maximum absolute atomic E-state index is 11.2. The number of carbonyl (C=O) groups is 2. The molecule has 3 atom stereocenters. The Balaban J connectivity index is 0.000000161. The van der Waals surface area contributed by atoms with Gasteiger partial charge in [-0.1, -0.05) is 6.08 Å². The van der Waals surface area contributed by atoms with E-state index in [1.807, 2.05) is 24.5 Å². The van der Waals surface area contributed by atoms with E-state index in [1.54, 1.807) is 26.2 Å². The summed E-state index contributed by atoms with van der Waals surface area (Å²) in [6.07, 6.45) is 14.5. The molecule has 0 radical (unpaired) electrons. The van der Waals surface area contributed by atoms with Gasteiger partial charge in [0.2, 0.25) is 0 Å². The number of hydrogen-bond donors (Lipinski definition) is 0. The monoisotopic (exact) mass is 376 g/mol. The molecule has 2 heterocycles. The van der Waals surface area contributed by atoms with Crippen LogP contribution in [0.25, 0.3) is 5.57 Å². The molecule has 28 heavy (non-hydrogen) atoms. The Morgan fingerprint density at radius 3 is 2.04 bits per heavy atom. The molecular formula is C24H28N2O2. The molecule has 4 rings (SSSR count). The lowest BCUT2D eigenvalue weighted by Gasteiger charge is -2.09. The third kappa shape index (κ3) is 5.22. The third-order valence-electron chi connectivity index (χ3n) is 5.89. The second-order valence-corrected chi connectivity index (χ2v) is 7.78. The van der Waals surface area contributed by atoms with Crippen molar-refractivity contribution in [2.24, 2.45) is 11.8 Å². The Bertz CT molecular complexity index is 830. The molecular weight excluding hydrogens is 348 g/mol. The highest BCUT2D eigenvalue weighted by molar-refractivity contribution is 5.84. The lowest BCUT2D eigenvalue weighted by Crippen LogP contribution is -2.05. The minimum atomic E-state index is 0.137. The number of pyridine rings is 2. The minimum Gasteiger partial charge on any atom is -0.300 e. The zero-order chi connectivity index (χ0) is 19.9. The number of ketones is 2. The van der Waals surface area contributed by atoms with Crippen LogP contribution in [0.1, 0.15) is 63.0 Å². The molecule has 0 amide bonds. The molecule has 1 saturated carbocycles. The van der Waals surface area contributed by atoms with Gasteiger partial charge in [0.05, 0.1) is 0 Å². The number of hydrogen-bond acceptors (Lipinski definition) is 4. The maximum atomic E-state index is 11.2. The van der Waals surface area contributed by atoms with Crippen molar-refractivity contribution in [1.29, 1.82) is 0 Å². The molecule has 0 N–H and O–H groups in total. The highest BCUT2D eigenvalue weighted by atomic mass is 16.1. The quantitative estimate of drug-likeness (QED) is 0.752. The molecule has 0 aliphatic heterocycles. The number of allylic oxidation sites excluding steroid dienone is 2. The van der Waals surface area contributed by atoms with Crippen molar-refractivity contribution in [2.75, 3.05) is 0 Å². The molecule has 4 nitrogen and oxygen atoms in total. The summed E-state index contributed by atoms with van der Waals surface area (Å²) in [5.74, 6) is 1.63. The standard InChI is InChI=1S/C12H15NO.C12H13NO/c2*1-9(14)11-2-3-12(8-11)10-4-6-13-7-5-10/h4-7,11-12H,2-3,8H2,1H3;4-8,11H,2-3H2,1H3/t11-,12?;11-/m11/s1. The van der Waals surface area contributed by atoms with Crippen LogP contribution in [0.5, 0.6) is 0 Å². The van der Waals surface area contributed by atoms with Crippen molar-refractivity contribution in [1.82, 2.24) is 9.97 Å².